The Hall–Kier alpha value is -1.14. The van der Waals surface area contributed by atoms with E-state index >= 15 is 0 Å². The number of ether oxygens (including phenoxy) is 2. The standard InChI is InChI=1S/C14H25NO5/c1-2-19-8-9-20-10-13(16)15-12-7-5-3-4-6-11(12)14(17)18/h11-12H,2-10H2,1H3,(H,15,16)(H,17,18)/t11-,12+/m1/s1. The molecule has 1 saturated carbocycles. The van der Waals surface area contributed by atoms with Crippen LogP contribution in [0.1, 0.15) is 39.0 Å². The van der Waals surface area contributed by atoms with Crippen molar-refractivity contribution in [3.63, 3.8) is 0 Å². The van der Waals surface area contributed by atoms with Gasteiger partial charge >= 0.3 is 5.97 Å². The molecule has 0 saturated heterocycles. The minimum absolute atomic E-state index is 0.0457. The van der Waals surface area contributed by atoms with Gasteiger partial charge in [0.05, 0.1) is 19.1 Å². The van der Waals surface area contributed by atoms with Gasteiger partial charge in [-0.25, -0.2) is 0 Å². The van der Waals surface area contributed by atoms with Crippen LogP contribution in [0.5, 0.6) is 0 Å². The largest absolute Gasteiger partial charge is 0.481 e. The van der Waals surface area contributed by atoms with Crippen molar-refractivity contribution < 1.29 is 24.2 Å². The lowest BCUT2D eigenvalue weighted by Crippen LogP contribution is -2.44. The third kappa shape index (κ3) is 6.34. The average Bonchev–Trinajstić information content (AvgIpc) is 2.64. The Morgan fingerprint density at radius 3 is 2.55 bits per heavy atom. The molecule has 1 fully saturated rings. The lowest BCUT2D eigenvalue weighted by Gasteiger charge is -2.22. The molecule has 0 radical (unpaired) electrons. The number of rotatable bonds is 8. The van der Waals surface area contributed by atoms with Crippen molar-refractivity contribution in [3.05, 3.63) is 0 Å². The quantitative estimate of drug-likeness (QED) is 0.517. The fraction of sp³-hybridized carbons (Fsp3) is 0.857. The lowest BCUT2D eigenvalue weighted by molar-refractivity contribution is -0.143. The number of hydrogen-bond acceptors (Lipinski definition) is 4. The Bertz CT molecular complexity index is 308. The van der Waals surface area contributed by atoms with Gasteiger partial charge in [0.25, 0.3) is 0 Å². The van der Waals surface area contributed by atoms with Crippen molar-refractivity contribution in [1.82, 2.24) is 5.32 Å². The molecule has 0 spiro atoms. The molecule has 0 unspecified atom stereocenters. The SMILES string of the molecule is CCOCCOCC(=O)N[C@H]1CCCCC[C@H]1C(=O)O. The lowest BCUT2D eigenvalue weighted by atomic mass is 9.95. The molecular weight excluding hydrogens is 262 g/mol. The molecular formula is C14H25NO5. The highest BCUT2D eigenvalue weighted by Crippen LogP contribution is 2.23. The Balaban J connectivity index is 2.31. The van der Waals surface area contributed by atoms with E-state index in [0.29, 0.717) is 26.2 Å². The Labute approximate surface area is 119 Å². The zero-order valence-electron chi connectivity index (χ0n) is 12.1. The molecule has 0 bridgehead atoms. The van der Waals surface area contributed by atoms with E-state index in [0.717, 1.165) is 25.7 Å². The molecule has 0 aromatic heterocycles. The van der Waals surface area contributed by atoms with Gasteiger partial charge in [-0.15, -0.1) is 0 Å². The number of hydrogen-bond donors (Lipinski definition) is 2. The topological polar surface area (TPSA) is 84.9 Å². The normalized spacial score (nSPS) is 23.1. The molecule has 0 heterocycles. The molecule has 2 atom stereocenters. The van der Waals surface area contributed by atoms with Crippen LogP contribution < -0.4 is 5.32 Å². The van der Waals surface area contributed by atoms with Gasteiger partial charge < -0.3 is 19.9 Å². The van der Waals surface area contributed by atoms with Crippen LogP contribution in [-0.4, -0.2) is 49.5 Å². The van der Waals surface area contributed by atoms with E-state index in [-0.39, 0.29) is 18.6 Å². The molecule has 1 aliphatic rings. The molecule has 0 aliphatic heterocycles. The van der Waals surface area contributed by atoms with Crippen LogP contribution in [0.2, 0.25) is 0 Å². The third-order valence-electron chi connectivity index (χ3n) is 3.49. The molecule has 1 amide bonds. The van der Waals surface area contributed by atoms with E-state index in [9.17, 15) is 14.7 Å². The Kier molecular flexibility index (Phi) is 8.22. The fourth-order valence-corrected chi connectivity index (χ4v) is 2.45. The van der Waals surface area contributed by atoms with Gasteiger partial charge in [0.15, 0.2) is 0 Å². The molecule has 0 aromatic rings. The minimum Gasteiger partial charge on any atom is -0.481 e. The number of carbonyl (C=O) groups excluding carboxylic acids is 1. The first-order valence-corrected chi connectivity index (χ1v) is 7.32. The van der Waals surface area contributed by atoms with Crippen LogP contribution in [0, 0.1) is 5.92 Å². The van der Waals surface area contributed by atoms with Crippen molar-refractivity contribution in [2.24, 2.45) is 5.92 Å². The number of carbonyl (C=O) groups is 2. The van der Waals surface area contributed by atoms with Crippen LogP contribution in [0.25, 0.3) is 0 Å². The third-order valence-corrected chi connectivity index (χ3v) is 3.49. The van der Waals surface area contributed by atoms with Gasteiger partial charge in [-0.2, -0.15) is 0 Å². The summed E-state index contributed by atoms with van der Waals surface area (Å²) in [4.78, 5) is 23.0. The van der Waals surface area contributed by atoms with Gasteiger partial charge in [0.2, 0.25) is 5.91 Å². The summed E-state index contributed by atoms with van der Waals surface area (Å²) in [6.07, 6.45) is 4.25. The van der Waals surface area contributed by atoms with Gasteiger partial charge in [0, 0.05) is 12.6 Å². The summed E-state index contributed by atoms with van der Waals surface area (Å²) < 4.78 is 10.3. The first-order chi connectivity index (χ1) is 9.65. The molecule has 2 N–H and O–H groups in total. The van der Waals surface area contributed by atoms with Gasteiger partial charge in [-0.3, -0.25) is 9.59 Å². The molecule has 116 valence electrons. The van der Waals surface area contributed by atoms with Crippen LogP contribution in [-0.2, 0) is 19.1 Å². The van der Waals surface area contributed by atoms with E-state index in [2.05, 4.69) is 5.32 Å². The summed E-state index contributed by atoms with van der Waals surface area (Å²) in [6.45, 7) is 3.30. The number of amides is 1. The van der Waals surface area contributed by atoms with E-state index in [1.165, 1.54) is 0 Å². The molecule has 6 heteroatoms. The summed E-state index contributed by atoms with van der Waals surface area (Å²) in [6, 6.07) is -0.280. The first kappa shape index (κ1) is 16.9. The van der Waals surface area contributed by atoms with Gasteiger partial charge in [0.1, 0.15) is 6.61 Å². The molecule has 1 aliphatic carbocycles. The second kappa shape index (κ2) is 9.72. The maximum Gasteiger partial charge on any atom is 0.308 e. The van der Waals surface area contributed by atoms with Crippen molar-refractivity contribution in [2.75, 3.05) is 26.4 Å². The minimum atomic E-state index is -0.825. The van der Waals surface area contributed by atoms with E-state index in [4.69, 9.17) is 9.47 Å². The molecule has 0 aromatic carbocycles. The summed E-state index contributed by atoms with van der Waals surface area (Å²) in [5, 5.41) is 12.0. The second-order valence-corrected chi connectivity index (χ2v) is 5.01. The van der Waals surface area contributed by atoms with Crippen LogP contribution in [0.4, 0.5) is 0 Å². The fourth-order valence-electron chi connectivity index (χ4n) is 2.45. The number of carboxylic acid groups (broad SMARTS) is 1. The van der Waals surface area contributed by atoms with Crippen LogP contribution >= 0.6 is 0 Å². The summed E-state index contributed by atoms with van der Waals surface area (Å²) in [5.41, 5.74) is 0. The molecule has 6 nitrogen and oxygen atoms in total. The zero-order chi connectivity index (χ0) is 14.8. The molecule has 1 rings (SSSR count). The van der Waals surface area contributed by atoms with Crippen LogP contribution in [0.15, 0.2) is 0 Å². The number of carboxylic acids is 1. The number of aliphatic carboxylic acids is 1. The average molecular weight is 287 g/mol. The molecule has 20 heavy (non-hydrogen) atoms. The highest BCUT2D eigenvalue weighted by Gasteiger charge is 2.30. The van der Waals surface area contributed by atoms with E-state index < -0.39 is 11.9 Å². The van der Waals surface area contributed by atoms with E-state index in [1.807, 2.05) is 6.92 Å². The number of nitrogens with one attached hydrogen (secondary N) is 1. The predicted octanol–water partition coefficient (Wildman–Crippen LogP) is 1.19. The Morgan fingerprint density at radius 2 is 1.85 bits per heavy atom. The predicted molar refractivity (Wildman–Crippen MR) is 73.5 cm³/mol. The maximum atomic E-state index is 11.8. The van der Waals surface area contributed by atoms with Gasteiger partial charge in [-0.05, 0) is 19.8 Å². The van der Waals surface area contributed by atoms with Crippen molar-refractivity contribution in [2.45, 2.75) is 45.1 Å². The van der Waals surface area contributed by atoms with Crippen molar-refractivity contribution in [3.8, 4) is 0 Å². The Morgan fingerprint density at radius 1 is 1.15 bits per heavy atom. The second-order valence-electron chi connectivity index (χ2n) is 5.01. The van der Waals surface area contributed by atoms with Crippen molar-refractivity contribution in [1.29, 1.82) is 0 Å². The maximum absolute atomic E-state index is 11.8. The van der Waals surface area contributed by atoms with E-state index in [1.54, 1.807) is 0 Å². The summed E-state index contributed by atoms with van der Waals surface area (Å²) in [7, 11) is 0. The first-order valence-electron chi connectivity index (χ1n) is 7.32. The van der Waals surface area contributed by atoms with Gasteiger partial charge in [-0.1, -0.05) is 19.3 Å². The smallest absolute Gasteiger partial charge is 0.308 e. The zero-order valence-corrected chi connectivity index (χ0v) is 12.1. The summed E-state index contributed by atoms with van der Waals surface area (Å²) >= 11 is 0. The monoisotopic (exact) mass is 287 g/mol. The van der Waals surface area contributed by atoms with Crippen molar-refractivity contribution >= 4 is 11.9 Å². The van der Waals surface area contributed by atoms with Crippen LogP contribution in [0.3, 0.4) is 0 Å². The highest BCUT2D eigenvalue weighted by atomic mass is 16.5. The highest BCUT2D eigenvalue weighted by molar-refractivity contribution is 5.79. The summed E-state index contributed by atoms with van der Waals surface area (Å²) in [5.74, 6) is -1.56.